The summed E-state index contributed by atoms with van der Waals surface area (Å²) in [5.41, 5.74) is 0. The molecule has 0 saturated carbocycles. The Kier molecular flexibility index (Phi) is 6.59. The fourth-order valence-electron chi connectivity index (χ4n) is 3.17. The summed E-state index contributed by atoms with van der Waals surface area (Å²) in [7, 11) is 1.81. The molecule has 2 atom stereocenters. The predicted molar refractivity (Wildman–Crippen MR) is 93.4 cm³/mol. The third kappa shape index (κ3) is 4.32. The van der Waals surface area contributed by atoms with Gasteiger partial charge in [-0.3, -0.25) is 9.59 Å². The molecule has 1 aliphatic rings. The van der Waals surface area contributed by atoms with E-state index in [1.807, 2.05) is 24.6 Å². The van der Waals surface area contributed by atoms with Gasteiger partial charge in [0.2, 0.25) is 11.8 Å². The first-order chi connectivity index (χ1) is 11.1. The van der Waals surface area contributed by atoms with Gasteiger partial charge in [0.25, 0.3) is 0 Å². The molecule has 0 unspecified atom stereocenters. The van der Waals surface area contributed by atoms with Crippen LogP contribution in [0.5, 0.6) is 0 Å². The molecule has 1 aliphatic heterocycles. The third-order valence-corrected chi connectivity index (χ3v) is 5.60. The number of carbonyl (C=O) groups is 2. The molecule has 6 heteroatoms. The first-order valence-electron chi connectivity index (χ1n) is 8.37. The Labute approximate surface area is 142 Å². The van der Waals surface area contributed by atoms with Crippen LogP contribution >= 0.6 is 11.3 Å². The fraction of sp³-hybridized carbons (Fsp3) is 0.647. The number of amides is 2. The van der Waals surface area contributed by atoms with Crippen molar-refractivity contribution in [3.05, 3.63) is 22.4 Å². The van der Waals surface area contributed by atoms with E-state index in [9.17, 15) is 9.59 Å². The molecule has 1 aromatic heterocycles. The second kappa shape index (κ2) is 8.45. The summed E-state index contributed by atoms with van der Waals surface area (Å²) in [6, 6.07) is 3.85. The minimum atomic E-state index is -0.159. The summed E-state index contributed by atoms with van der Waals surface area (Å²) in [6.07, 6.45) is 1.08. The van der Waals surface area contributed by atoms with Crippen molar-refractivity contribution in [2.75, 3.05) is 33.2 Å². The van der Waals surface area contributed by atoms with Gasteiger partial charge in [0.15, 0.2) is 0 Å². The molecule has 1 aromatic rings. The molecule has 2 amide bonds. The van der Waals surface area contributed by atoms with Crippen molar-refractivity contribution < 1.29 is 9.59 Å². The smallest absolute Gasteiger partial charge is 0.225 e. The molecule has 1 saturated heterocycles. The molecule has 5 nitrogen and oxygen atoms in total. The van der Waals surface area contributed by atoms with Crippen LogP contribution in [0, 0.1) is 5.92 Å². The lowest BCUT2D eigenvalue weighted by molar-refractivity contribution is -0.141. The molecule has 0 aromatic carbocycles. The molecule has 0 bridgehead atoms. The van der Waals surface area contributed by atoms with E-state index in [1.54, 1.807) is 16.2 Å². The van der Waals surface area contributed by atoms with E-state index >= 15 is 0 Å². The van der Waals surface area contributed by atoms with Crippen LogP contribution < -0.4 is 5.32 Å². The molecular formula is C17H27N3O2S. The number of hydrogen-bond donors (Lipinski definition) is 1. The largest absolute Gasteiger partial charge is 0.354 e. The van der Waals surface area contributed by atoms with Gasteiger partial charge >= 0.3 is 0 Å². The zero-order chi connectivity index (χ0) is 16.8. The number of likely N-dealkylation sites (tertiary alicyclic amines) is 1. The molecule has 128 valence electrons. The summed E-state index contributed by atoms with van der Waals surface area (Å²) >= 11 is 1.61. The SMILES string of the molecule is CCN(CC)CCNC(=O)[C@@H]1CCC(=O)N(C)[C@H]1c1cccs1. The maximum Gasteiger partial charge on any atom is 0.225 e. The van der Waals surface area contributed by atoms with E-state index in [4.69, 9.17) is 0 Å². The Balaban J connectivity index is 2.00. The Morgan fingerprint density at radius 2 is 2.17 bits per heavy atom. The number of nitrogens with zero attached hydrogens (tertiary/aromatic N) is 2. The van der Waals surface area contributed by atoms with Gasteiger partial charge in [0.1, 0.15) is 0 Å². The van der Waals surface area contributed by atoms with Gasteiger partial charge in [-0.25, -0.2) is 0 Å². The van der Waals surface area contributed by atoms with Crippen molar-refractivity contribution in [2.45, 2.75) is 32.7 Å². The van der Waals surface area contributed by atoms with Crippen LogP contribution in [-0.2, 0) is 9.59 Å². The number of rotatable bonds is 7. The molecular weight excluding hydrogens is 310 g/mol. The average molecular weight is 337 g/mol. The van der Waals surface area contributed by atoms with Crippen LogP contribution in [0.15, 0.2) is 17.5 Å². The first-order valence-corrected chi connectivity index (χ1v) is 9.25. The van der Waals surface area contributed by atoms with Crippen LogP contribution in [0.2, 0.25) is 0 Å². The van der Waals surface area contributed by atoms with E-state index in [0.717, 1.165) is 24.5 Å². The van der Waals surface area contributed by atoms with Crippen LogP contribution in [0.1, 0.15) is 37.6 Å². The lowest BCUT2D eigenvalue weighted by atomic mass is 9.87. The van der Waals surface area contributed by atoms with E-state index < -0.39 is 0 Å². The summed E-state index contributed by atoms with van der Waals surface area (Å²) in [5, 5.41) is 5.06. The molecule has 23 heavy (non-hydrogen) atoms. The summed E-state index contributed by atoms with van der Waals surface area (Å²) in [4.78, 5) is 29.8. The molecule has 2 rings (SSSR count). The number of thiophene rings is 1. The number of carbonyl (C=O) groups excluding carboxylic acids is 2. The third-order valence-electron chi connectivity index (χ3n) is 4.65. The standard InChI is InChI=1S/C17H27N3O2S/c1-4-20(5-2)11-10-18-17(22)13-8-9-15(21)19(3)16(13)14-7-6-12-23-14/h6-7,12-13,16H,4-5,8-11H2,1-3H3,(H,18,22)/t13-,16-/m1/s1. The number of nitrogens with one attached hydrogen (secondary N) is 1. The van der Waals surface area contributed by atoms with Gasteiger partial charge in [0, 0.05) is 31.4 Å². The predicted octanol–water partition coefficient (Wildman–Crippen LogP) is 2.12. The lowest BCUT2D eigenvalue weighted by Gasteiger charge is -2.37. The van der Waals surface area contributed by atoms with Crippen molar-refractivity contribution >= 4 is 23.2 Å². The minimum Gasteiger partial charge on any atom is -0.354 e. The quantitative estimate of drug-likeness (QED) is 0.829. The van der Waals surface area contributed by atoms with Gasteiger partial charge in [-0.15, -0.1) is 11.3 Å². The van der Waals surface area contributed by atoms with Crippen molar-refractivity contribution in [1.29, 1.82) is 0 Å². The highest BCUT2D eigenvalue weighted by Gasteiger charge is 2.39. The maximum atomic E-state index is 12.7. The molecule has 1 fully saturated rings. The second-order valence-electron chi connectivity index (χ2n) is 5.93. The lowest BCUT2D eigenvalue weighted by Crippen LogP contribution is -2.47. The highest BCUT2D eigenvalue weighted by molar-refractivity contribution is 7.10. The van der Waals surface area contributed by atoms with Gasteiger partial charge in [-0.1, -0.05) is 19.9 Å². The number of piperidine rings is 1. The molecule has 1 N–H and O–H groups in total. The van der Waals surface area contributed by atoms with Crippen LogP contribution in [-0.4, -0.2) is 54.8 Å². The number of hydrogen-bond acceptors (Lipinski definition) is 4. The molecule has 0 radical (unpaired) electrons. The van der Waals surface area contributed by atoms with Gasteiger partial charge in [-0.2, -0.15) is 0 Å². The Bertz CT molecular complexity index is 514. The van der Waals surface area contributed by atoms with E-state index in [1.165, 1.54) is 0 Å². The van der Waals surface area contributed by atoms with Gasteiger partial charge in [0.05, 0.1) is 12.0 Å². The van der Waals surface area contributed by atoms with Crippen molar-refractivity contribution in [3.8, 4) is 0 Å². The normalized spacial score (nSPS) is 21.7. The van der Waals surface area contributed by atoms with Gasteiger partial charge in [-0.05, 0) is 31.0 Å². The Hall–Kier alpha value is -1.40. The summed E-state index contributed by atoms with van der Waals surface area (Å²) in [6.45, 7) is 7.76. The maximum absolute atomic E-state index is 12.7. The van der Waals surface area contributed by atoms with E-state index in [-0.39, 0.29) is 23.8 Å². The fourth-order valence-corrected chi connectivity index (χ4v) is 4.10. The molecule has 0 aliphatic carbocycles. The number of likely N-dealkylation sites (N-methyl/N-ethyl adjacent to an activating group) is 1. The highest BCUT2D eigenvalue weighted by atomic mass is 32.1. The first kappa shape index (κ1) is 17.9. The highest BCUT2D eigenvalue weighted by Crippen LogP contribution is 2.37. The zero-order valence-corrected chi connectivity index (χ0v) is 15.1. The summed E-state index contributed by atoms with van der Waals surface area (Å²) < 4.78 is 0. The van der Waals surface area contributed by atoms with Crippen molar-refractivity contribution in [2.24, 2.45) is 5.92 Å². The van der Waals surface area contributed by atoms with Crippen LogP contribution in [0.3, 0.4) is 0 Å². The zero-order valence-electron chi connectivity index (χ0n) is 14.2. The summed E-state index contributed by atoms with van der Waals surface area (Å²) in [5.74, 6) is 0.0264. The van der Waals surface area contributed by atoms with E-state index in [2.05, 4.69) is 24.1 Å². The van der Waals surface area contributed by atoms with Gasteiger partial charge < -0.3 is 15.1 Å². The minimum absolute atomic E-state index is 0.0647. The van der Waals surface area contributed by atoms with Crippen LogP contribution in [0.25, 0.3) is 0 Å². The average Bonchev–Trinajstić information content (AvgIpc) is 3.07. The van der Waals surface area contributed by atoms with Crippen molar-refractivity contribution in [3.63, 3.8) is 0 Å². The second-order valence-corrected chi connectivity index (χ2v) is 6.91. The molecule has 0 spiro atoms. The topological polar surface area (TPSA) is 52.7 Å². The van der Waals surface area contributed by atoms with Crippen LogP contribution in [0.4, 0.5) is 0 Å². The molecule has 2 heterocycles. The Morgan fingerprint density at radius 3 is 2.78 bits per heavy atom. The monoisotopic (exact) mass is 337 g/mol. The Morgan fingerprint density at radius 1 is 1.43 bits per heavy atom. The van der Waals surface area contributed by atoms with E-state index in [0.29, 0.717) is 19.4 Å². The van der Waals surface area contributed by atoms with Crippen molar-refractivity contribution in [1.82, 2.24) is 15.1 Å².